The van der Waals surface area contributed by atoms with E-state index in [0.29, 0.717) is 10.0 Å². The number of benzene rings is 1. The van der Waals surface area contributed by atoms with E-state index in [0.717, 1.165) is 18.3 Å². The lowest BCUT2D eigenvalue weighted by Crippen LogP contribution is -2.14. The number of carbonyl (C=O) groups is 1. The highest BCUT2D eigenvalue weighted by Gasteiger charge is 2.15. The molecule has 0 saturated carbocycles. The summed E-state index contributed by atoms with van der Waals surface area (Å²) in [5.74, 6) is -1.86. The van der Waals surface area contributed by atoms with Crippen molar-refractivity contribution in [1.82, 2.24) is 4.98 Å². The fourth-order valence-electron chi connectivity index (χ4n) is 1.55. The van der Waals surface area contributed by atoms with E-state index in [2.05, 4.69) is 26.2 Å². The van der Waals surface area contributed by atoms with Crippen LogP contribution in [-0.4, -0.2) is 10.9 Å². The highest BCUT2D eigenvalue weighted by Crippen LogP contribution is 2.25. The normalized spacial score (nSPS) is 10.4. The Hall–Kier alpha value is -1.53. The molecule has 1 amide bonds. The number of aromatic nitrogens is 1. The van der Waals surface area contributed by atoms with Crippen molar-refractivity contribution in [3.63, 3.8) is 0 Å². The molecule has 0 aliphatic heterocycles. The number of pyridine rings is 1. The van der Waals surface area contributed by atoms with Crippen molar-refractivity contribution in [1.29, 1.82) is 0 Å². The van der Waals surface area contributed by atoms with Crippen molar-refractivity contribution in [2.75, 3.05) is 5.32 Å². The van der Waals surface area contributed by atoms with Crippen molar-refractivity contribution in [3.05, 3.63) is 56.8 Å². The Kier molecular flexibility index (Phi) is 4.35. The summed E-state index contributed by atoms with van der Waals surface area (Å²) in [6.45, 7) is 1.70. The molecule has 0 aliphatic carbocycles. The van der Waals surface area contributed by atoms with Crippen LogP contribution in [0.15, 0.2) is 28.9 Å². The summed E-state index contributed by atoms with van der Waals surface area (Å²) in [5, 5.41) is 2.35. The lowest BCUT2D eigenvalue weighted by Gasteiger charge is -2.10. The third-order valence-corrected chi connectivity index (χ3v) is 3.47. The van der Waals surface area contributed by atoms with Gasteiger partial charge >= 0.3 is 0 Å². The van der Waals surface area contributed by atoms with Crippen LogP contribution in [-0.2, 0) is 0 Å². The molecule has 0 radical (unpaired) electrons. The number of amides is 1. The molecule has 0 bridgehead atoms. The molecule has 0 aliphatic rings. The second kappa shape index (κ2) is 5.85. The predicted molar refractivity (Wildman–Crippen MR) is 76.0 cm³/mol. The standard InChI is InChI=1S/C13H8BrClF2N2O/c1-6-2-9(14)10(17)4-11(6)19-13(20)8-3-7(16)5-18-12(8)15/h2-5H,1H3,(H,19,20). The molecule has 0 unspecified atom stereocenters. The van der Waals surface area contributed by atoms with Crippen LogP contribution in [0.2, 0.25) is 5.15 Å². The topological polar surface area (TPSA) is 42.0 Å². The smallest absolute Gasteiger partial charge is 0.258 e. The molecule has 2 aromatic rings. The van der Waals surface area contributed by atoms with E-state index in [9.17, 15) is 13.6 Å². The van der Waals surface area contributed by atoms with Crippen LogP contribution in [0.4, 0.5) is 14.5 Å². The third kappa shape index (κ3) is 3.13. The number of carbonyl (C=O) groups excluding carboxylic acids is 1. The molecule has 0 fully saturated rings. The second-order valence-electron chi connectivity index (χ2n) is 4.03. The molecular formula is C13H8BrClF2N2O. The van der Waals surface area contributed by atoms with Gasteiger partial charge in [0.25, 0.3) is 5.91 Å². The predicted octanol–water partition coefficient (Wildman–Crippen LogP) is 4.34. The molecular weight excluding hydrogens is 354 g/mol. The fraction of sp³-hybridized carbons (Fsp3) is 0.0769. The minimum atomic E-state index is -0.682. The van der Waals surface area contributed by atoms with Gasteiger partial charge in [-0.25, -0.2) is 13.8 Å². The van der Waals surface area contributed by atoms with Gasteiger partial charge in [0, 0.05) is 5.69 Å². The highest BCUT2D eigenvalue weighted by atomic mass is 79.9. The number of halogens is 4. The Labute approximate surface area is 127 Å². The zero-order valence-corrected chi connectivity index (χ0v) is 12.5. The number of hydrogen-bond donors (Lipinski definition) is 1. The van der Waals surface area contributed by atoms with E-state index in [-0.39, 0.29) is 16.4 Å². The average molecular weight is 362 g/mol. The number of anilines is 1. The van der Waals surface area contributed by atoms with Gasteiger partial charge in [-0.2, -0.15) is 0 Å². The van der Waals surface area contributed by atoms with Crippen molar-refractivity contribution in [2.45, 2.75) is 6.92 Å². The molecule has 3 nitrogen and oxygen atoms in total. The van der Waals surface area contributed by atoms with Gasteiger partial charge in [0.15, 0.2) is 0 Å². The highest BCUT2D eigenvalue weighted by molar-refractivity contribution is 9.10. The van der Waals surface area contributed by atoms with Crippen LogP contribution >= 0.6 is 27.5 Å². The minimum absolute atomic E-state index is 0.116. The maximum absolute atomic E-state index is 13.5. The Morgan fingerprint density at radius 1 is 1.35 bits per heavy atom. The fourth-order valence-corrected chi connectivity index (χ4v) is 2.20. The van der Waals surface area contributed by atoms with E-state index in [1.165, 1.54) is 6.07 Å². The summed E-state index contributed by atoms with van der Waals surface area (Å²) in [6.07, 6.45) is 0.906. The first-order valence-corrected chi connectivity index (χ1v) is 6.63. The Balaban J connectivity index is 2.32. The van der Waals surface area contributed by atoms with Crippen molar-refractivity contribution >= 4 is 39.1 Å². The molecule has 1 aromatic carbocycles. The molecule has 1 heterocycles. The zero-order valence-electron chi connectivity index (χ0n) is 10.2. The van der Waals surface area contributed by atoms with Gasteiger partial charge in [-0.05, 0) is 46.6 Å². The second-order valence-corrected chi connectivity index (χ2v) is 5.24. The summed E-state index contributed by atoms with van der Waals surface area (Å²) < 4.78 is 26.8. The SMILES string of the molecule is Cc1cc(Br)c(F)cc1NC(=O)c1cc(F)cnc1Cl. The van der Waals surface area contributed by atoms with Gasteiger partial charge in [-0.15, -0.1) is 0 Å². The monoisotopic (exact) mass is 360 g/mol. The van der Waals surface area contributed by atoms with E-state index < -0.39 is 17.5 Å². The molecule has 0 atom stereocenters. The van der Waals surface area contributed by atoms with E-state index >= 15 is 0 Å². The van der Waals surface area contributed by atoms with Crippen LogP contribution in [0.3, 0.4) is 0 Å². The molecule has 0 saturated heterocycles. The number of rotatable bonds is 2. The molecule has 0 spiro atoms. The molecule has 104 valence electrons. The van der Waals surface area contributed by atoms with Crippen molar-refractivity contribution in [3.8, 4) is 0 Å². The van der Waals surface area contributed by atoms with Gasteiger partial charge in [0.05, 0.1) is 16.2 Å². The van der Waals surface area contributed by atoms with Crippen molar-refractivity contribution < 1.29 is 13.6 Å². The average Bonchev–Trinajstić information content (AvgIpc) is 2.38. The number of nitrogens with one attached hydrogen (secondary N) is 1. The summed E-state index contributed by atoms with van der Waals surface area (Å²) in [7, 11) is 0. The van der Waals surface area contributed by atoms with Crippen LogP contribution in [0.25, 0.3) is 0 Å². The van der Waals surface area contributed by atoms with E-state index in [1.54, 1.807) is 6.92 Å². The lowest BCUT2D eigenvalue weighted by molar-refractivity contribution is 0.102. The largest absolute Gasteiger partial charge is 0.322 e. The van der Waals surface area contributed by atoms with Crippen LogP contribution < -0.4 is 5.32 Å². The molecule has 1 aromatic heterocycles. The number of hydrogen-bond acceptors (Lipinski definition) is 2. The molecule has 1 N–H and O–H groups in total. The maximum atomic E-state index is 13.5. The summed E-state index contributed by atoms with van der Waals surface area (Å²) in [5.41, 5.74) is 0.803. The van der Waals surface area contributed by atoms with Gasteiger partial charge in [0.1, 0.15) is 16.8 Å². The van der Waals surface area contributed by atoms with Crippen molar-refractivity contribution in [2.24, 2.45) is 0 Å². The summed E-state index contributed by atoms with van der Waals surface area (Å²) >= 11 is 8.78. The summed E-state index contributed by atoms with van der Waals surface area (Å²) in [4.78, 5) is 15.5. The van der Waals surface area contributed by atoms with Crippen LogP contribution in [0.5, 0.6) is 0 Å². The third-order valence-electron chi connectivity index (χ3n) is 2.57. The molecule has 7 heteroatoms. The van der Waals surface area contributed by atoms with Gasteiger partial charge in [-0.3, -0.25) is 4.79 Å². The van der Waals surface area contributed by atoms with Gasteiger partial charge < -0.3 is 5.32 Å². The molecule has 20 heavy (non-hydrogen) atoms. The van der Waals surface area contributed by atoms with Crippen LogP contribution in [0.1, 0.15) is 15.9 Å². The van der Waals surface area contributed by atoms with E-state index in [4.69, 9.17) is 11.6 Å². The molecule has 2 rings (SSSR count). The first-order valence-electron chi connectivity index (χ1n) is 5.46. The first-order chi connectivity index (χ1) is 9.38. The number of aryl methyl sites for hydroxylation is 1. The lowest BCUT2D eigenvalue weighted by atomic mass is 10.2. The first kappa shape index (κ1) is 14.9. The van der Waals surface area contributed by atoms with Gasteiger partial charge in [-0.1, -0.05) is 11.6 Å². The minimum Gasteiger partial charge on any atom is -0.322 e. The number of nitrogens with zero attached hydrogens (tertiary/aromatic N) is 1. The Bertz CT molecular complexity index is 694. The zero-order chi connectivity index (χ0) is 14.9. The maximum Gasteiger partial charge on any atom is 0.258 e. The van der Waals surface area contributed by atoms with Crippen LogP contribution in [0, 0.1) is 18.6 Å². The Morgan fingerprint density at radius 3 is 2.75 bits per heavy atom. The van der Waals surface area contributed by atoms with Gasteiger partial charge in [0.2, 0.25) is 0 Å². The summed E-state index contributed by atoms with van der Waals surface area (Å²) in [6, 6.07) is 3.66. The van der Waals surface area contributed by atoms with E-state index in [1.807, 2.05) is 0 Å². The quantitative estimate of drug-likeness (QED) is 0.809. The Morgan fingerprint density at radius 2 is 2.05 bits per heavy atom.